The molecule has 0 saturated heterocycles. The van der Waals surface area contributed by atoms with E-state index in [0.29, 0.717) is 0 Å². The van der Waals surface area contributed by atoms with Crippen LogP contribution in [0.4, 0.5) is 34.1 Å². The average Bonchev–Trinajstić information content (AvgIpc) is 3.89. The largest absolute Gasteiger partial charge is 0.308 e. The van der Waals surface area contributed by atoms with Crippen molar-refractivity contribution in [1.29, 1.82) is 0 Å². The Morgan fingerprint density at radius 3 is 1.21 bits per heavy atom. The fourth-order valence-electron chi connectivity index (χ4n) is 9.93. The van der Waals surface area contributed by atoms with E-state index < -0.39 is 0 Å². The number of anilines is 6. The van der Waals surface area contributed by atoms with Crippen LogP contribution in [-0.2, 0) is 10.8 Å². The van der Waals surface area contributed by atoms with Gasteiger partial charge in [0.15, 0.2) is 0 Å². The molecule has 6 aromatic carbocycles. The van der Waals surface area contributed by atoms with E-state index >= 15 is 0 Å². The Morgan fingerprint density at radius 2 is 0.803 bits per heavy atom. The summed E-state index contributed by atoms with van der Waals surface area (Å²) in [4.78, 5) is 16.7. The van der Waals surface area contributed by atoms with Crippen molar-refractivity contribution in [2.24, 2.45) is 0 Å². The molecule has 0 saturated carbocycles. The lowest BCUT2D eigenvalue weighted by molar-refractivity contribution is 0.603. The Balaban J connectivity index is 1.02. The number of pyridine rings is 2. The van der Waals surface area contributed by atoms with Gasteiger partial charge in [0.1, 0.15) is 0 Å². The van der Waals surface area contributed by atoms with Gasteiger partial charge >= 0.3 is 0 Å². The van der Waals surface area contributed by atoms with E-state index in [4.69, 9.17) is 0 Å². The number of aromatic nitrogens is 2. The first kappa shape index (κ1) is 37.0. The van der Waals surface area contributed by atoms with E-state index in [1.54, 1.807) is 0 Å². The second-order valence-electron chi connectivity index (χ2n) is 17.1. The molecule has 3 aromatic heterocycles. The molecule has 61 heavy (non-hydrogen) atoms. The standard InChI is InChI=1S/C56H44N4S/c1-55(2)47-33-39(59(41-21-15-31-57-35-41)49-25-13-11-23-43(49)37-17-7-5-8-18-37)27-29-45(47)53-51(55)52-54(61-53)46-30-28-40(34-48(46)56(52,3)4)60(42-22-16-32-58-36-42)50-26-14-12-24-44(50)38-19-9-6-10-20-38/h5-36H,1-4H3. The van der Waals surface area contributed by atoms with Gasteiger partial charge in [0, 0.05) is 55.5 Å². The SMILES string of the molecule is CC1(C)c2cc(N(c3cccnc3)c3ccccc3-c3ccccc3)ccc2-c2sc3c(c21)C(C)(C)c1cc(N(c2cccnc2)c2ccccc2-c2ccccc2)ccc1-3. The smallest absolute Gasteiger partial charge is 0.0645 e. The third-order valence-electron chi connectivity index (χ3n) is 12.8. The van der Waals surface area contributed by atoms with Crippen molar-refractivity contribution in [2.75, 3.05) is 9.80 Å². The third-order valence-corrected chi connectivity index (χ3v) is 14.0. The van der Waals surface area contributed by atoms with Gasteiger partial charge < -0.3 is 9.80 Å². The monoisotopic (exact) mass is 804 g/mol. The van der Waals surface area contributed by atoms with Crippen LogP contribution in [0, 0.1) is 0 Å². The minimum atomic E-state index is -0.233. The van der Waals surface area contributed by atoms with E-state index in [0.717, 1.165) is 34.1 Å². The minimum Gasteiger partial charge on any atom is -0.308 e. The zero-order chi connectivity index (χ0) is 41.3. The number of hydrogen-bond donors (Lipinski definition) is 0. The summed E-state index contributed by atoms with van der Waals surface area (Å²) >= 11 is 1.97. The van der Waals surface area contributed by atoms with Crippen molar-refractivity contribution >= 4 is 45.5 Å². The molecule has 0 atom stereocenters. The van der Waals surface area contributed by atoms with Gasteiger partial charge in [-0.2, -0.15) is 0 Å². The fourth-order valence-corrected chi connectivity index (χ4v) is 11.6. The van der Waals surface area contributed by atoms with E-state index in [1.165, 1.54) is 65.4 Å². The molecule has 0 spiro atoms. The van der Waals surface area contributed by atoms with Crippen molar-refractivity contribution in [3.63, 3.8) is 0 Å². The normalized spacial score (nSPS) is 13.8. The highest BCUT2D eigenvalue weighted by Crippen LogP contribution is 2.64. The molecule has 2 aliphatic rings. The topological polar surface area (TPSA) is 32.3 Å². The first-order valence-electron chi connectivity index (χ1n) is 21.0. The Labute approximate surface area is 362 Å². The van der Waals surface area contributed by atoms with Crippen LogP contribution < -0.4 is 9.80 Å². The van der Waals surface area contributed by atoms with Crippen LogP contribution in [0.5, 0.6) is 0 Å². The minimum absolute atomic E-state index is 0.233. The Hall–Kier alpha value is -7.08. The molecule has 11 rings (SSSR count). The first-order valence-corrected chi connectivity index (χ1v) is 21.8. The van der Waals surface area contributed by atoms with Gasteiger partial charge in [0.05, 0.1) is 35.1 Å². The van der Waals surface area contributed by atoms with Crippen LogP contribution in [0.1, 0.15) is 49.9 Å². The van der Waals surface area contributed by atoms with Gasteiger partial charge in [-0.15, -0.1) is 11.3 Å². The summed E-state index contributed by atoms with van der Waals surface area (Å²) in [5.41, 5.74) is 19.1. The molecule has 4 nitrogen and oxygen atoms in total. The lowest BCUT2D eigenvalue weighted by atomic mass is 9.74. The molecule has 0 N–H and O–H groups in total. The molecule has 2 aliphatic carbocycles. The van der Waals surface area contributed by atoms with Crippen LogP contribution >= 0.6 is 11.3 Å². The fraction of sp³-hybridized carbons (Fsp3) is 0.107. The summed E-state index contributed by atoms with van der Waals surface area (Å²) in [7, 11) is 0. The first-order chi connectivity index (χ1) is 29.8. The number of benzene rings is 6. The van der Waals surface area contributed by atoms with Crippen LogP contribution in [0.25, 0.3) is 43.1 Å². The zero-order valence-electron chi connectivity index (χ0n) is 34.7. The highest BCUT2D eigenvalue weighted by Gasteiger charge is 2.48. The van der Waals surface area contributed by atoms with Crippen molar-refractivity contribution in [2.45, 2.75) is 38.5 Å². The number of fused-ring (bicyclic) bond motifs is 7. The lowest BCUT2D eigenvalue weighted by Crippen LogP contribution is -2.23. The number of hydrogen-bond acceptors (Lipinski definition) is 5. The van der Waals surface area contributed by atoms with Gasteiger partial charge in [-0.1, -0.05) is 137 Å². The van der Waals surface area contributed by atoms with E-state index in [9.17, 15) is 0 Å². The molecular formula is C56H44N4S. The predicted molar refractivity (Wildman–Crippen MR) is 255 cm³/mol. The predicted octanol–water partition coefficient (Wildman–Crippen LogP) is 15.4. The van der Waals surface area contributed by atoms with Crippen LogP contribution in [0.15, 0.2) is 195 Å². The summed E-state index contributed by atoms with van der Waals surface area (Å²) in [6.45, 7) is 9.71. The highest BCUT2D eigenvalue weighted by atomic mass is 32.1. The molecule has 0 fully saturated rings. The molecule has 0 radical (unpaired) electrons. The summed E-state index contributed by atoms with van der Waals surface area (Å²) in [5, 5.41) is 0. The second kappa shape index (κ2) is 14.3. The van der Waals surface area contributed by atoms with Gasteiger partial charge in [0.2, 0.25) is 0 Å². The summed E-state index contributed by atoms with van der Waals surface area (Å²) < 4.78 is 0. The zero-order valence-corrected chi connectivity index (χ0v) is 35.5. The Morgan fingerprint density at radius 1 is 0.393 bits per heavy atom. The van der Waals surface area contributed by atoms with Crippen LogP contribution in [0.2, 0.25) is 0 Å². The van der Waals surface area contributed by atoms with Gasteiger partial charge in [-0.05, 0) is 105 Å². The maximum absolute atomic E-state index is 4.58. The molecular weight excluding hydrogens is 761 g/mol. The van der Waals surface area contributed by atoms with Gasteiger partial charge in [-0.25, -0.2) is 0 Å². The molecule has 0 amide bonds. The number of rotatable bonds is 8. The van der Waals surface area contributed by atoms with Crippen LogP contribution in [-0.4, -0.2) is 9.97 Å². The lowest BCUT2D eigenvalue weighted by Gasteiger charge is -2.31. The molecule has 9 aromatic rings. The molecule has 0 unspecified atom stereocenters. The Kier molecular flexibility index (Phi) is 8.66. The highest BCUT2D eigenvalue weighted by molar-refractivity contribution is 7.19. The number of nitrogens with zero attached hydrogens (tertiary/aromatic N) is 4. The number of thiophene rings is 1. The number of para-hydroxylation sites is 2. The maximum Gasteiger partial charge on any atom is 0.0645 e. The van der Waals surface area contributed by atoms with E-state index in [1.807, 2.05) is 48.3 Å². The van der Waals surface area contributed by atoms with Crippen molar-refractivity contribution in [1.82, 2.24) is 9.97 Å². The molecule has 0 bridgehead atoms. The van der Waals surface area contributed by atoms with Crippen molar-refractivity contribution in [3.05, 3.63) is 217 Å². The van der Waals surface area contributed by atoms with Gasteiger partial charge in [0.25, 0.3) is 0 Å². The molecule has 3 heterocycles. The Bertz CT molecular complexity index is 2870. The molecule has 0 aliphatic heterocycles. The van der Waals surface area contributed by atoms with Crippen molar-refractivity contribution < 1.29 is 0 Å². The van der Waals surface area contributed by atoms with Gasteiger partial charge in [-0.3, -0.25) is 9.97 Å². The average molecular weight is 805 g/mol. The van der Waals surface area contributed by atoms with Crippen molar-refractivity contribution in [3.8, 4) is 43.1 Å². The maximum atomic E-state index is 4.58. The summed E-state index contributed by atoms with van der Waals surface area (Å²) in [6, 6.07) is 61.3. The molecule has 294 valence electrons. The second-order valence-corrected chi connectivity index (χ2v) is 18.1. The quantitative estimate of drug-likeness (QED) is 0.153. The summed E-state index contributed by atoms with van der Waals surface area (Å²) in [5.74, 6) is 0. The van der Waals surface area contributed by atoms with Crippen LogP contribution in [0.3, 0.4) is 0 Å². The van der Waals surface area contributed by atoms with E-state index in [-0.39, 0.29) is 10.8 Å². The third kappa shape index (κ3) is 5.87. The van der Waals surface area contributed by atoms with E-state index in [2.05, 4.69) is 205 Å². The summed E-state index contributed by atoms with van der Waals surface area (Å²) in [6.07, 6.45) is 7.62. The molecule has 5 heteroatoms.